The molecule has 0 aliphatic carbocycles. The van der Waals surface area contributed by atoms with Crippen molar-refractivity contribution < 1.29 is 36.6 Å². The smallest absolute Gasteiger partial charge is 0.421 e. The van der Waals surface area contributed by atoms with Gasteiger partial charge in [-0.25, -0.2) is 14.8 Å². The molecule has 4 rings (SSSR count). The molecule has 3 amide bonds. The Balaban J connectivity index is 1.44. The van der Waals surface area contributed by atoms with E-state index < -0.39 is 35.7 Å². The van der Waals surface area contributed by atoms with Crippen molar-refractivity contribution in [2.45, 2.75) is 18.8 Å². The molecule has 15 heteroatoms. The van der Waals surface area contributed by atoms with Gasteiger partial charge in [0.15, 0.2) is 11.5 Å². The maximum Gasteiger partial charge on any atom is 0.507 e. The number of fused-ring (bicyclic) bond motifs is 1. The van der Waals surface area contributed by atoms with Crippen molar-refractivity contribution in [2.75, 3.05) is 16.0 Å². The molecule has 3 aromatic rings. The lowest BCUT2D eigenvalue weighted by atomic mass is 10.2. The van der Waals surface area contributed by atoms with Crippen LogP contribution in [0.1, 0.15) is 15.2 Å². The normalized spacial score (nSPS) is 15.3. The number of nitrogens with two attached hydrogens (primary N) is 1. The third-order valence-corrected chi connectivity index (χ3v) is 5.15. The van der Waals surface area contributed by atoms with Crippen LogP contribution in [0.5, 0.6) is 11.5 Å². The minimum atomic E-state index is -4.88. The van der Waals surface area contributed by atoms with Crippen LogP contribution in [0, 0.1) is 0 Å². The highest BCUT2D eigenvalue weighted by atomic mass is 32.1. The van der Waals surface area contributed by atoms with E-state index in [0.717, 1.165) is 23.5 Å². The van der Waals surface area contributed by atoms with Crippen LogP contribution >= 0.6 is 11.3 Å². The fraction of sp³-hybridized carbons (Fsp3) is 0.158. The first-order valence-electron chi connectivity index (χ1n) is 9.32. The van der Waals surface area contributed by atoms with Crippen LogP contribution in [0.25, 0.3) is 0 Å². The summed E-state index contributed by atoms with van der Waals surface area (Å²) >= 11 is 1.01. The van der Waals surface area contributed by atoms with E-state index in [1.807, 2.05) is 0 Å². The van der Waals surface area contributed by atoms with E-state index in [1.54, 1.807) is 12.1 Å². The summed E-state index contributed by atoms with van der Waals surface area (Å²) in [5, 5.41) is 7.77. The molecule has 34 heavy (non-hydrogen) atoms. The number of nitrogens with one attached hydrogen (secondary N) is 3. The molecule has 0 unspecified atom stereocenters. The number of carbonyl (C=O) groups excluding carboxylic acids is 2. The monoisotopic (exact) mass is 498 g/mol. The number of anilines is 3. The molecule has 10 nitrogen and oxygen atoms in total. The molecule has 1 aliphatic rings. The third kappa shape index (κ3) is 4.78. The predicted molar refractivity (Wildman–Crippen MR) is 112 cm³/mol. The number of hydrogen-bond acceptors (Lipinski definition) is 8. The fourth-order valence-electron chi connectivity index (χ4n) is 2.83. The summed E-state index contributed by atoms with van der Waals surface area (Å²) in [4.78, 5) is 31.8. The Hall–Kier alpha value is -4.14. The molecule has 2 aromatic heterocycles. The molecule has 1 aromatic carbocycles. The molecule has 0 saturated heterocycles. The maximum atomic E-state index is 13.4. The number of alkyl halides is 4. The second kappa shape index (κ2) is 8.66. The molecule has 0 bridgehead atoms. The van der Waals surface area contributed by atoms with Crippen LogP contribution in [0.15, 0.2) is 42.0 Å². The number of hydrogen-bond donors (Lipinski definition) is 4. The number of halogens is 4. The number of benzene rings is 1. The van der Waals surface area contributed by atoms with Crippen molar-refractivity contribution in [3.63, 3.8) is 0 Å². The van der Waals surface area contributed by atoms with Crippen LogP contribution in [0.4, 0.5) is 39.7 Å². The number of aromatic nitrogens is 2. The molecule has 0 atom stereocenters. The SMILES string of the molecule is NC(=O)Nc1cc(CNc2ncsc2C(=O)Nc2ccc3c(c2)OC(F)(F)C(F)(F)O3)ccn1. The molecule has 178 valence electrons. The van der Waals surface area contributed by atoms with Crippen molar-refractivity contribution in [2.24, 2.45) is 5.73 Å². The zero-order chi connectivity index (χ0) is 24.5. The quantitative estimate of drug-likeness (QED) is 0.379. The molecular formula is C19H14F4N6O4S. The first-order valence-corrected chi connectivity index (χ1v) is 10.2. The number of ether oxygens (including phenoxy) is 2. The van der Waals surface area contributed by atoms with E-state index in [4.69, 9.17) is 5.73 Å². The zero-order valence-electron chi connectivity index (χ0n) is 16.8. The minimum Gasteiger partial charge on any atom is -0.421 e. The van der Waals surface area contributed by atoms with Crippen LogP contribution in [0.2, 0.25) is 0 Å². The largest absolute Gasteiger partial charge is 0.507 e. The van der Waals surface area contributed by atoms with Gasteiger partial charge in [0.05, 0.1) is 5.51 Å². The highest BCUT2D eigenvalue weighted by molar-refractivity contribution is 7.12. The van der Waals surface area contributed by atoms with Gasteiger partial charge in [-0.05, 0) is 29.8 Å². The Morgan fingerprint density at radius 1 is 1.00 bits per heavy atom. The summed E-state index contributed by atoms with van der Waals surface area (Å²) in [5.41, 5.74) is 7.17. The second-order valence-corrected chi connectivity index (χ2v) is 7.63. The average molecular weight is 498 g/mol. The molecule has 0 saturated carbocycles. The Morgan fingerprint density at radius 2 is 1.74 bits per heavy atom. The van der Waals surface area contributed by atoms with Gasteiger partial charge < -0.3 is 25.8 Å². The molecule has 0 spiro atoms. The van der Waals surface area contributed by atoms with E-state index in [0.29, 0.717) is 5.56 Å². The highest BCUT2D eigenvalue weighted by Crippen LogP contribution is 2.47. The van der Waals surface area contributed by atoms with Gasteiger partial charge >= 0.3 is 18.2 Å². The first kappa shape index (κ1) is 23.0. The average Bonchev–Trinajstić information content (AvgIpc) is 3.21. The fourth-order valence-corrected chi connectivity index (χ4v) is 3.49. The number of rotatable bonds is 6. The molecule has 5 N–H and O–H groups in total. The van der Waals surface area contributed by atoms with Gasteiger partial charge in [-0.2, -0.15) is 17.6 Å². The summed E-state index contributed by atoms with van der Waals surface area (Å²) in [6.45, 7) is 0.216. The van der Waals surface area contributed by atoms with E-state index in [9.17, 15) is 27.2 Å². The van der Waals surface area contributed by atoms with Crippen molar-refractivity contribution in [1.29, 1.82) is 0 Å². The molecule has 3 heterocycles. The Kier molecular flexibility index (Phi) is 5.87. The van der Waals surface area contributed by atoms with Gasteiger partial charge in [0.1, 0.15) is 16.5 Å². The van der Waals surface area contributed by atoms with Crippen LogP contribution < -0.4 is 31.2 Å². The minimum absolute atomic E-state index is 0.00372. The predicted octanol–water partition coefficient (Wildman–Crippen LogP) is 3.85. The molecule has 0 radical (unpaired) electrons. The number of pyridine rings is 1. The van der Waals surface area contributed by atoms with Gasteiger partial charge in [0.2, 0.25) is 0 Å². The standard InChI is InChI=1S/C19H14F4N6O4S/c20-18(21)19(22,23)33-12-6-10(1-2-11(12)32-18)28-16(30)14-15(27-8-34-14)26-7-9-3-4-25-13(5-9)29-17(24)31/h1-6,8,26H,7H2,(H,28,30)(H3,24,25,29,31). The van der Waals surface area contributed by atoms with Gasteiger partial charge in [0.25, 0.3) is 5.91 Å². The van der Waals surface area contributed by atoms with E-state index in [-0.39, 0.29) is 28.7 Å². The van der Waals surface area contributed by atoms with Crippen molar-refractivity contribution >= 4 is 40.6 Å². The number of primary amides is 1. The lowest BCUT2D eigenvalue weighted by molar-refractivity contribution is -0.391. The maximum absolute atomic E-state index is 13.4. The number of amides is 3. The number of nitrogens with zero attached hydrogens (tertiary/aromatic N) is 2. The summed E-state index contributed by atoms with van der Waals surface area (Å²) in [5.74, 6) is -1.42. The van der Waals surface area contributed by atoms with E-state index in [1.165, 1.54) is 17.8 Å². The van der Waals surface area contributed by atoms with Crippen molar-refractivity contribution in [3.05, 3.63) is 52.5 Å². The molecule has 0 fully saturated rings. The van der Waals surface area contributed by atoms with Gasteiger partial charge in [-0.1, -0.05) is 0 Å². The number of urea groups is 1. The molecule has 1 aliphatic heterocycles. The van der Waals surface area contributed by atoms with E-state index >= 15 is 0 Å². The Labute approximate surface area is 192 Å². The summed E-state index contributed by atoms with van der Waals surface area (Å²) in [7, 11) is 0. The highest BCUT2D eigenvalue weighted by Gasteiger charge is 2.65. The lowest BCUT2D eigenvalue weighted by Crippen LogP contribution is -2.52. The molecular weight excluding hydrogens is 484 g/mol. The number of thiazole rings is 1. The Bertz CT molecular complexity index is 1260. The Morgan fingerprint density at radius 3 is 2.47 bits per heavy atom. The summed E-state index contributed by atoms with van der Waals surface area (Å²) in [6.07, 6.45) is -8.26. The third-order valence-electron chi connectivity index (χ3n) is 4.33. The van der Waals surface area contributed by atoms with Crippen LogP contribution in [0.3, 0.4) is 0 Å². The van der Waals surface area contributed by atoms with Gasteiger partial charge in [-0.15, -0.1) is 11.3 Å². The second-order valence-electron chi connectivity index (χ2n) is 6.78. The van der Waals surface area contributed by atoms with E-state index in [2.05, 4.69) is 35.4 Å². The summed E-state index contributed by atoms with van der Waals surface area (Å²) < 4.78 is 61.4. The lowest BCUT2D eigenvalue weighted by Gasteiger charge is -2.31. The topological polar surface area (TPSA) is 140 Å². The summed E-state index contributed by atoms with van der Waals surface area (Å²) in [6, 6.07) is 5.57. The van der Waals surface area contributed by atoms with Crippen LogP contribution in [-0.2, 0) is 6.54 Å². The van der Waals surface area contributed by atoms with Crippen molar-refractivity contribution in [1.82, 2.24) is 9.97 Å². The zero-order valence-corrected chi connectivity index (χ0v) is 17.6. The van der Waals surface area contributed by atoms with Gasteiger partial charge in [-0.3, -0.25) is 10.1 Å². The van der Waals surface area contributed by atoms with Gasteiger partial charge in [0, 0.05) is 24.5 Å². The van der Waals surface area contributed by atoms with Crippen LogP contribution in [-0.4, -0.2) is 34.1 Å². The first-order chi connectivity index (χ1) is 16.0. The number of carbonyl (C=O) groups is 2. The van der Waals surface area contributed by atoms with Crippen molar-refractivity contribution in [3.8, 4) is 11.5 Å².